The maximum Gasteiger partial charge on any atom is 0.435 e. The number of hydrogen-bond acceptors (Lipinski definition) is 5. The number of amides is 1. The van der Waals surface area contributed by atoms with Crippen LogP contribution in [0.5, 0.6) is 11.5 Å². The van der Waals surface area contributed by atoms with Crippen LogP contribution in [-0.2, 0) is 4.74 Å². The monoisotopic (exact) mass is 282 g/mol. The molecule has 0 saturated heterocycles. The Kier molecular flexibility index (Phi) is 4.39. The molecule has 0 aliphatic carbocycles. The van der Waals surface area contributed by atoms with Crippen LogP contribution in [0, 0.1) is 0 Å². The number of anilines is 1. The fourth-order valence-electron chi connectivity index (χ4n) is 1.72. The highest BCUT2D eigenvalue weighted by molar-refractivity contribution is 5.92. The first-order valence-corrected chi connectivity index (χ1v) is 6.11. The lowest BCUT2D eigenvalue weighted by Gasteiger charge is -2.24. The van der Waals surface area contributed by atoms with Crippen LogP contribution in [0.1, 0.15) is 13.3 Å². The summed E-state index contributed by atoms with van der Waals surface area (Å²) in [5.41, 5.74) is 0.448. The Balaban J connectivity index is 2.27. The predicted octanol–water partition coefficient (Wildman–Crippen LogP) is 2.72. The Hall–Kier alpha value is -2.31. The molecule has 1 aromatic carbocycles. The number of ether oxygens (including phenoxy) is 3. The average Bonchev–Trinajstić information content (AvgIpc) is 2.48. The Morgan fingerprint density at radius 1 is 1.45 bits per heavy atom. The third-order valence-corrected chi connectivity index (χ3v) is 2.78. The molecule has 1 heterocycles. The number of carbonyl (C=O) groups is 1. The van der Waals surface area contributed by atoms with Crippen LogP contribution >= 0.6 is 0 Å². The van der Waals surface area contributed by atoms with Crippen LogP contribution in [0.4, 0.5) is 14.9 Å². The van der Waals surface area contributed by atoms with Gasteiger partial charge in [-0.3, -0.25) is 0 Å². The molecule has 0 aromatic heterocycles. The van der Waals surface area contributed by atoms with Crippen LogP contribution in [0.3, 0.4) is 0 Å². The molecule has 0 spiro atoms. The van der Waals surface area contributed by atoms with Crippen molar-refractivity contribution in [3.8, 4) is 11.5 Å². The number of rotatable bonds is 5. The Bertz CT molecular complexity index is 521. The summed E-state index contributed by atoms with van der Waals surface area (Å²) < 4.78 is 27.2. The van der Waals surface area contributed by atoms with E-state index >= 15 is 0 Å². The summed E-state index contributed by atoms with van der Waals surface area (Å²) in [6, 6.07) is 4.59. The molecule has 1 unspecified atom stereocenters. The molecule has 108 valence electrons. The van der Waals surface area contributed by atoms with E-state index in [1.165, 1.54) is 19.2 Å². The largest absolute Gasteiger partial charge is 0.493 e. The first-order valence-electron chi connectivity index (χ1n) is 6.11. The van der Waals surface area contributed by atoms with Crippen molar-refractivity contribution in [2.24, 2.45) is 5.10 Å². The second-order valence-corrected chi connectivity index (χ2v) is 4.00. The van der Waals surface area contributed by atoms with Gasteiger partial charge >= 0.3 is 6.09 Å². The molecule has 0 bridgehead atoms. The third-order valence-electron chi connectivity index (χ3n) is 2.78. The molecular formula is C13H15FN2O4. The summed E-state index contributed by atoms with van der Waals surface area (Å²) in [6.45, 7) is 0.934. The molecule has 7 heteroatoms. The van der Waals surface area contributed by atoms with Gasteiger partial charge < -0.3 is 14.2 Å². The van der Waals surface area contributed by atoms with Gasteiger partial charge in [0.25, 0.3) is 0 Å². The standard InChI is InChI=1S/C13H15FN2O4/c1-3-10-7-15-16(13(17)20-10)9-4-5-11(19-8-14)12(6-9)18-2/h4-7,10H,3,8H2,1-2H3. The van der Waals surface area contributed by atoms with Crippen LogP contribution in [0.15, 0.2) is 23.3 Å². The highest BCUT2D eigenvalue weighted by Gasteiger charge is 2.25. The fraction of sp³-hybridized carbons (Fsp3) is 0.385. The Morgan fingerprint density at radius 3 is 2.85 bits per heavy atom. The lowest BCUT2D eigenvalue weighted by Crippen LogP contribution is -2.36. The zero-order valence-corrected chi connectivity index (χ0v) is 11.2. The predicted molar refractivity (Wildman–Crippen MR) is 71.1 cm³/mol. The molecule has 0 N–H and O–H groups in total. The molecule has 1 aliphatic heterocycles. The highest BCUT2D eigenvalue weighted by atomic mass is 19.1. The number of alkyl halides is 1. The third kappa shape index (κ3) is 2.81. The molecule has 1 amide bonds. The van der Waals surface area contributed by atoms with Crippen molar-refractivity contribution in [2.45, 2.75) is 19.4 Å². The van der Waals surface area contributed by atoms with E-state index in [2.05, 4.69) is 5.10 Å². The number of hydrogen-bond donors (Lipinski definition) is 0. The van der Waals surface area contributed by atoms with Gasteiger partial charge in [-0.2, -0.15) is 10.1 Å². The maximum absolute atomic E-state index is 12.2. The topological polar surface area (TPSA) is 60.4 Å². The van der Waals surface area contributed by atoms with Crippen molar-refractivity contribution < 1.29 is 23.4 Å². The van der Waals surface area contributed by atoms with Gasteiger partial charge in [-0.1, -0.05) is 6.92 Å². The van der Waals surface area contributed by atoms with E-state index in [-0.39, 0.29) is 11.9 Å². The molecule has 20 heavy (non-hydrogen) atoms. The van der Waals surface area contributed by atoms with Crippen molar-refractivity contribution in [3.05, 3.63) is 18.2 Å². The van der Waals surface area contributed by atoms with E-state index in [1.54, 1.807) is 12.3 Å². The molecule has 1 aliphatic rings. The number of hydrazone groups is 1. The molecule has 0 saturated carbocycles. The highest BCUT2D eigenvalue weighted by Crippen LogP contribution is 2.32. The van der Waals surface area contributed by atoms with Crippen LogP contribution in [-0.4, -0.2) is 32.4 Å². The SMILES string of the molecule is CCC1C=NN(c2ccc(OCF)c(OC)c2)C(=O)O1. The molecule has 6 nitrogen and oxygen atoms in total. The van der Waals surface area contributed by atoms with Gasteiger partial charge in [0.1, 0.15) is 6.10 Å². The lowest BCUT2D eigenvalue weighted by atomic mass is 10.2. The first-order chi connectivity index (χ1) is 9.69. The van der Waals surface area contributed by atoms with Gasteiger partial charge in [0.2, 0.25) is 6.86 Å². The van der Waals surface area contributed by atoms with Gasteiger partial charge in [0.05, 0.1) is 19.0 Å². The molecule has 1 atom stereocenters. The summed E-state index contributed by atoms with van der Waals surface area (Å²) in [7, 11) is 1.43. The number of benzene rings is 1. The summed E-state index contributed by atoms with van der Waals surface area (Å²) >= 11 is 0. The minimum absolute atomic E-state index is 0.250. The summed E-state index contributed by atoms with van der Waals surface area (Å²) in [6.07, 6.45) is 1.34. The van der Waals surface area contributed by atoms with Crippen LogP contribution in [0.2, 0.25) is 0 Å². The van der Waals surface area contributed by atoms with Gasteiger partial charge in [0, 0.05) is 6.07 Å². The van der Waals surface area contributed by atoms with E-state index in [0.29, 0.717) is 17.9 Å². The Labute approximate surface area is 115 Å². The van der Waals surface area contributed by atoms with Crippen molar-refractivity contribution in [1.29, 1.82) is 0 Å². The van der Waals surface area contributed by atoms with Crippen LogP contribution < -0.4 is 14.5 Å². The summed E-state index contributed by atoms with van der Waals surface area (Å²) in [5, 5.41) is 5.15. The van der Waals surface area contributed by atoms with Crippen molar-refractivity contribution >= 4 is 18.0 Å². The zero-order valence-electron chi connectivity index (χ0n) is 11.2. The number of halogens is 1. The van der Waals surface area contributed by atoms with Crippen molar-refractivity contribution in [2.75, 3.05) is 19.0 Å². The summed E-state index contributed by atoms with van der Waals surface area (Å²) in [4.78, 5) is 11.8. The molecule has 1 aromatic rings. The minimum Gasteiger partial charge on any atom is -0.493 e. The van der Waals surface area contributed by atoms with Gasteiger partial charge in [0.15, 0.2) is 11.5 Å². The van der Waals surface area contributed by atoms with Crippen molar-refractivity contribution in [1.82, 2.24) is 0 Å². The van der Waals surface area contributed by atoms with E-state index in [1.807, 2.05) is 6.92 Å². The summed E-state index contributed by atoms with van der Waals surface area (Å²) in [5.74, 6) is 0.556. The Morgan fingerprint density at radius 2 is 2.25 bits per heavy atom. The number of methoxy groups -OCH3 is 1. The quantitative estimate of drug-likeness (QED) is 0.833. The second kappa shape index (κ2) is 6.23. The van der Waals surface area contributed by atoms with Crippen molar-refractivity contribution in [3.63, 3.8) is 0 Å². The van der Waals surface area contributed by atoms with E-state index in [0.717, 1.165) is 5.01 Å². The van der Waals surface area contributed by atoms with E-state index < -0.39 is 13.0 Å². The van der Waals surface area contributed by atoms with Crippen LogP contribution in [0.25, 0.3) is 0 Å². The molecule has 2 rings (SSSR count). The molecule has 0 radical (unpaired) electrons. The van der Waals surface area contributed by atoms with Gasteiger partial charge in [-0.25, -0.2) is 9.18 Å². The minimum atomic E-state index is -0.961. The van der Waals surface area contributed by atoms with Gasteiger partial charge in [-0.05, 0) is 18.6 Å². The average molecular weight is 282 g/mol. The lowest BCUT2D eigenvalue weighted by molar-refractivity contribution is 0.129. The van der Waals surface area contributed by atoms with E-state index in [9.17, 15) is 9.18 Å². The fourth-order valence-corrected chi connectivity index (χ4v) is 1.72. The molecule has 0 fully saturated rings. The second-order valence-electron chi connectivity index (χ2n) is 4.00. The smallest absolute Gasteiger partial charge is 0.435 e. The molecular weight excluding hydrogens is 267 g/mol. The number of carbonyl (C=O) groups excluding carboxylic acids is 1. The van der Waals surface area contributed by atoms with Gasteiger partial charge in [-0.15, -0.1) is 0 Å². The van der Waals surface area contributed by atoms with E-state index in [4.69, 9.17) is 14.2 Å². The normalized spacial score (nSPS) is 17.9. The number of nitrogens with zero attached hydrogens (tertiary/aromatic N) is 2. The zero-order chi connectivity index (χ0) is 14.5. The maximum atomic E-state index is 12.2. The number of cyclic esters (lactones) is 1. The first kappa shape index (κ1) is 14.1.